The zero-order valence-corrected chi connectivity index (χ0v) is 8.97. The molecule has 1 aliphatic rings. The van der Waals surface area contributed by atoms with Crippen LogP contribution in [0.2, 0.25) is 0 Å². The SMILES string of the molecule is CC1OCC(=O)C=C1C(=O)c1ccccc1. The molecule has 0 spiro atoms. The molecule has 1 aromatic rings. The largest absolute Gasteiger partial charge is 0.366 e. The Hall–Kier alpha value is -1.74. The standard InChI is InChI=1S/C13H12O3/c1-9-12(7-11(14)8-16-9)13(15)10-5-3-2-4-6-10/h2-7,9H,8H2,1H3. The molecule has 2 rings (SSSR count). The summed E-state index contributed by atoms with van der Waals surface area (Å²) in [5.74, 6) is -0.293. The molecule has 0 amide bonds. The summed E-state index contributed by atoms with van der Waals surface area (Å²) in [7, 11) is 0. The molecule has 3 nitrogen and oxygen atoms in total. The van der Waals surface area contributed by atoms with Crippen molar-refractivity contribution in [1.29, 1.82) is 0 Å². The summed E-state index contributed by atoms with van der Waals surface area (Å²) >= 11 is 0. The van der Waals surface area contributed by atoms with Gasteiger partial charge in [-0.1, -0.05) is 30.3 Å². The van der Waals surface area contributed by atoms with Gasteiger partial charge >= 0.3 is 0 Å². The van der Waals surface area contributed by atoms with Gasteiger partial charge in [0.1, 0.15) is 6.61 Å². The average Bonchev–Trinajstić information content (AvgIpc) is 2.32. The Balaban J connectivity index is 2.31. The number of hydrogen-bond acceptors (Lipinski definition) is 3. The van der Waals surface area contributed by atoms with Crippen LogP contribution in [0.25, 0.3) is 0 Å². The normalized spacial score (nSPS) is 20.4. The van der Waals surface area contributed by atoms with Crippen molar-refractivity contribution in [3.63, 3.8) is 0 Å². The Bertz CT molecular complexity index is 446. The number of hydrogen-bond donors (Lipinski definition) is 0. The molecule has 1 aromatic carbocycles. The third-order valence-electron chi connectivity index (χ3n) is 2.53. The fourth-order valence-electron chi connectivity index (χ4n) is 1.64. The van der Waals surface area contributed by atoms with E-state index in [1.165, 1.54) is 6.08 Å². The molecule has 16 heavy (non-hydrogen) atoms. The Labute approximate surface area is 93.7 Å². The molecule has 0 bridgehead atoms. The number of ketones is 2. The summed E-state index contributed by atoms with van der Waals surface area (Å²) in [5.41, 5.74) is 1.02. The molecule has 1 atom stereocenters. The highest BCUT2D eigenvalue weighted by Gasteiger charge is 2.24. The van der Waals surface area contributed by atoms with Gasteiger partial charge < -0.3 is 4.74 Å². The number of Topliss-reactive ketones (excluding diaryl/α,β-unsaturated/α-hetero) is 1. The van der Waals surface area contributed by atoms with Crippen molar-refractivity contribution < 1.29 is 14.3 Å². The predicted octanol–water partition coefficient (Wildman–Crippen LogP) is 1.78. The number of ether oxygens (including phenoxy) is 1. The van der Waals surface area contributed by atoms with E-state index in [0.29, 0.717) is 11.1 Å². The van der Waals surface area contributed by atoms with E-state index in [4.69, 9.17) is 4.74 Å². The minimum atomic E-state index is -0.314. The second-order valence-electron chi connectivity index (χ2n) is 3.71. The lowest BCUT2D eigenvalue weighted by molar-refractivity contribution is -0.121. The molecule has 0 aliphatic carbocycles. The van der Waals surface area contributed by atoms with E-state index in [9.17, 15) is 9.59 Å². The quantitative estimate of drug-likeness (QED) is 0.708. The summed E-state index contributed by atoms with van der Waals surface area (Å²) in [6.07, 6.45) is 1.08. The van der Waals surface area contributed by atoms with Crippen molar-refractivity contribution in [2.24, 2.45) is 0 Å². The smallest absolute Gasteiger partial charge is 0.191 e. The molecule has 0 fully saturated rings. The zero-order valence-electron chi connectivity index (χ0n) is 8.97. The maximum atomic E-state index is 12.1. The zero-order chi connectivity index (χ0) is 11.5. The lowest BCUT2D eigenvalue weighted by atomic mass is 9.97. The van der Waals surface area contributed by atoms with E-state index < -0.39 is 0 Å². The van der Waals surface area contributed by atoms with Gasteiger partial charge in [0.25, 0.3) is 0 Å². The Morgan fingerprint density at radius 2 is 2.00 bits per heavy atom. The van der Waals surface area contributed by atoms with Crippen LogP contribution in [0.1, 0.15) is 17.3 Å². The molecule has 82 valence electrons. The Morgan fingerprint density at radius 1 is 1.31 bits per heavy atom. The van der Waals surface area contributed by atoms with E-state index in [-0.39, 0.29) is 24.3 Å². The van der Waals surface area contributed by atoms with Gasteiger partial charge in [-0.25, -0.2) is 0 Å². The summed E-state index contributed by atoms with van der Waals surface area (Å²) in [4.78, 5) is 23.3. The van der Waals surface area contributed by atoms with Gasteiger partial charge in [-0.3, -0.25) is 9.59 Å². The molecule has 0 radical (unpaired) electrons. The van der Waals surface area contributed by atoms with Crippen LogP contribution in [-0.4, -0.2) is 24.3 Å². The second kappa shape index (κ2) is 4.41. The van der Waals surface area contributed by atoms with Crippen LogP contribution in [-0.2, 0) is 9.53 Å². The molecule has 1 unspecified atom stereocenters. The molecule has 3 heteroatoms. The topological polar surface area (TPSA) is 43.4 Å². The third kappa shape index (κ3) is 2.09. The molecule has 0 saturated heterocycles. The van der Waals surface area contributed by atoms with Crippen molar-refractivity contribution in [2.75, 3.05) is 6.61 Å². The van der Waals surface area contributed by atoms with Crippen LogP contribution in [0.4, 0.5) is 0 Å². The highest BCUT2D eigenvalue weighted by atomic mass is 16.5. The van der Waals surface area contributed by atoms with Crippen molar-refractivity contribution >= 4 is 11.6 Å². The van der Waals surface area contributed by atoms with Crippen LogP contribution in [0, 0.1) is 0 Å². The minimum absolute atomic E-state index is 0.0622. The highest BCUT2D eigenvalue weighted by Crippen LogP contribution is 2.17. The van der Waals surface area contributed by atoms with E-state index in [1.807, 2.05) is 6.07 Å². The van der Waals surface area contributed by atoms with Crippen molar-refractivity contribution in [1.82, 2.24) is 0 Å². The van der Waals surface area contributed by atoms with Gasteiger partial charge in [0.2, 0.25) is 0 Å². The molecule has 0 aromatic heterocycles. The fourth-order valence-corrected chi connectivity index (χ4v) is 1.64. The molecular weight excluding hydrogens is 204 g/mol. The first-order chi connectivity index (χ1) is 7.68. The monoisotopic (exact) mass is 216 g/mol. The number of carbonyl (C=O) groups excluding carboxylic acids is 2. The minimum Gasteiger partial charge on any atom is -0.366 e. The van der Waals surface area contributed by atoms with Gasteiger partial charge in [-0.2, -0.15) is 0 Å². The second-order valence-corrected chi connectivity index (χ2v) is 3.71. The first-order valence-corrected chi connectivity index (χ1v) is 5.14. The maximum absolute atomic E-state index is 12.1. The Morgan fingerprint density at radius 3 is 2.69 bits per heavy atom. The van der Waals surface area contributed by atoms with E-state index in [0.717, 1.165) is 0 Å². The van der Waals surface area contributed by atoms with Crippen molar-refractivity contribution in [3.05, 3.63) is 47.5 Å². The first kappa shape index (κ1) is 10.8. The first-order valence-electron chi connectivity index (χ1n) is 5.14. The van der Waals surface area contributed by atoms with Crippen LogP contribution in [0.5, 0.6) is 0 Å². The number of rotatable bonds is 2. The molecule has 0 N–H and O–H groups in total. The number of benzene rings is 1. The average molecular weight is 216 g/mol. The molecule has 1 heterocycles. The predicted molar refractivity (Wildman–Crippen MR) is 59.3 cm³/mol. The van der Waals surface area contributed by atoms with Crippen molar-refractivity contribution in [2.45, 2.75) is 13.0 Å². The van der Waals surface area contributed by atoms with Crippen LogP contribution in [0.3, 0.4) is 0 Å². The fraction of sp³-hybridized carbons (Fsp3) is 0.231. The highest BCUT2D eigenvalue weighted by molar-refractivity contribution is 6.13. The Kier molecular flexibility index (Phi) is 2.97. The van der Waals surface area contributed by atoms with Gasteiger partial charge in [-0.05, 0) is 13.0 Å². The van der Waals surface area contributed by atoms with Gasteiger partial charge in [-0.15, -0.1) is 0 Å². The lowest BCUT2D eigenvalue weighted by Gasteiger charge is -2.19. The summed E-state index contributed by atoms with van der Waals surface area (Å²) < 4.78 is 5.21. The number of carbonyl (C=O) groups is 2. The maximum Gasteiger partial charge on any atom is 0.191 e. The van der Waals surface area contributed by atoms with Crippen LogP contribution >= 0.6 is 0 Å². The third-order valence-corrected chi connectivity index (χ3v) is 2.53. The van der Waals surface area contributed by atoms with E-state index in [1.54, 1.807) is 31.2 Å². The summed E-state index contributed by atoms with van der Waals surface area (Å²) in [6, 6.07) is 8.90. The summed E-state index contributed by atoms with van der Waals surface area (Å²) in [5, 5.41) is 0. The summed E-state index contributed by atoms with van der Waals surface area (Å²) in [6.45, 7) is 1.84. The van der Waals surface area contributed by atoms with Gasteiger partial charge in [0, 0.05) is 11.1 Å². The lowest BCUT2D eigenvalue weighted by Crippen LogP contribution is -2.27. The molecule has 0 saturated carbocycles. The molecular formula is C13H12O3. The van der Waals surface area contributed by atoms with Gasteiger partial charge in [0.15, 0.2) is 11.6 Å². The van der Waals surface area contributed by atoms with Crippen LogP contribution in [0.15, 0.2) is 42.0 Å². The van der Waals surface area contributed by atoms with Crippen LogP contribution < -0.4 is 0 Å². The molecule has 1 aliphatic heterocycles. The van der Waals surface area contributed by atoms with Gasteiger partial charge in [0.05, 0.1) is 6.10 Å². The van der Waals surface area contributed by atoms with E-state index in [2.05, 4.69) is 0 Å². The van der Waals surface area contributed by atoms with E-state index >= 15 is 0 Å². The van der Waals surface area contributed by atoms with Crippen molar-refractivity contribution in [3.8, 4) is 0 Å².